The van der Waals surface area contributed by atoms with E-state index in [2.05, 4.69) is 31.0 Å². The Balaban J connectivity index is 1.81. The summed E-state index contributed by atoms with van der Waals surface area (Å²) in [7, 11) is 1.62. The molecule has 0 fully saturated rings. The van der Waals surface area contributed by atoms with Crippen molar-refractivity contribution in [2.24, 2.45) is 4.99 Å². The number of rotatable bonds is 6. The van der Waals surface area contributed by atoms with Crippen LogP contribution >= 0.6 is 0 Å². The van der Waals surface area contributed by atoms with Crippen LogP contribution in [0.4, 0.5) is 0 Å². The van der Waals surface area contributed by atoms with Crippen molar-refractivity contribution in [1.82, 2.24) is 0 Å². The van der Waals surface area contributed by atoms with E-state index in [4.69, 9.17) is 9.47 Å². The van der Waals surface area contributed by atoms with E-state index in [0.29, 0.717) is 29.7 Å². The summed E-state index contributed by atoms with van der Waals surface area (Å²) in [5, 5.41) is 0. The highest BCUT2D eigenvalue weighted by molar-refractivity contribution is 6.07. The van der Waals surface area contributed by atoms with E-state index in [9.17, 15) is 4.79 Å². The van der Waals surface area contributed by atoms with Gasteiger partial charge in [-0.1, -0.05) is 50.2 Å². The monoisotopic (exact) mass is 349 g/mol. The molecule has 4 nitrogen and oxygen atoms in total. The van der Waals surface area contributed by atoms with Crippen LogP contribution in [0.3, 0.4) is 0 Å². The summed E-state index contributed by atoms with van der Waals surface area (Å²) >= 11 is 0. The van der Waals surface area contributed by atoms with Crippen LogP contribution in [0.25, 0.3) is 6.08 Å². The van der Waals surface area contributed by atoms with Crippen LogP contribution in [0, 0.1) is 0 Å². The molecule has 0 radical (unpaired) electrons. The van der Waals surface area contributed by atoms with E-state index < -0.39 is 5.97 Å². The number of ether oxygens (including phenoxy) is 2. The Morgan fingerprint density at radius 1 is 1.12 bits per heavy atom. The van der Waals surface area contributed by atoms with Crippen LogP contribution in [0.15, 0.2) is 59.2 Å². The third-order valence-electron chi connectivity index (χ3n) is 4.35. The molecule has 0 atom stereocenters. The molecule has 1 aliphatic heterocycles. The highest BCUT2D eigenvalue weighted by Crippen LogP contribution is 2.28. The van der Waals surface area contributed by atoms with Crippen LogP contribution in [0.2, 0.25) is 0 Å². The van der Waals surface area contributed by atoms with Gasteiger partial charge in [-0.25, -0.2) is 9.79 Å². The average molecular weight is 349 g/mol. The first-order chi connectivity index (χ1) is 12.6. The fourth-order valence-electron chi connectivity index (χ4n) is 2.83. The fraction of sp³-hybridized carbons (Fsp3) is 0.273. The Bertz CT molecular complexity index is 851. The third-order valence-corrected chi connectivity index (χ3v) is 4.35. The Hall–Kier alpha value is -2.88. The second-order valence-corrected chi connectivity index (χ2v) is 6.57. The molecule has 0 saturated carbocycles. The molecule has 3 rings (SSSR count). The van der Waals surface area contributed by atoms with Gasteiger partial charge >= 0.3 is 5.97 Å². The average Bonchev–Trinajstić information content (AvgIpc) is 3.00. The quantitative estimate of drug-likeness (QED) is 0.559. The van der Waals surface area contributed by atoms with Gasteiger partial charge in [-0.15, -0.1) is 0 Å². The summed E-state index contributed by atoms with van der Waals surface area (Å²) < 4.78 is 10.7. The molecule has 0 bridgehead atoms. The first-order valence-electron chi connectivity index (χ1n) is 8.80. The van der Waals surface area contributed by atoms with Gasteiger partial charge in [-0.05, 0) is 41.7 Å². The molecule has 2 aromatic carbocycles. The van der Waals surface area contributed by atoms with Crippen molar-refractivity contribution in [3.05, 3.63) is 70.9 Å². The molecule has 0 spiro atoms. The standard InChI is InChI=1S/C22H23NO3/c1-15(2)17-10-11-20(25-3)18(13-17)14-19-22(24)26-21(23-19)12-9-16-7-5-4-6-8-16/h4-8,10-11,13-15H,9,12H2,1-3H3/b19-14-. The minimum absolute atomic E-state index is 0.312. The molecule has 0 aliphatic carbocycles. The zero-order valence-corrected chi connectivity index (χ0v) is 15.4. The van der Waals surface area contributed by atoms with Crippen molar-refractivity contribution in [2.75, 3.05) is 7.11 Å². The van der Waals surface area contributed by atoms with Gasteiger partial charge in [0.2, 0.25) is 0 Å². The molecule has 1 aliphatic rings. The van der Waals surface area contributed by atoms with Crippen LogP contribution in [-0.4, -0.2) is 19.0 Å². The normalized spacial score (nSPS) is 15.3. The second-order valence-electron chi connectivity index (χ2n) is 6.57. The van der Waals surface area contributed by atoms with Crippen molar-refractivity contribution in [3.8, 4) is 5.75 Å². The van der Waals surface area contributed by atoms with Gasteiger partial charge in [0, 0.05) is 12.0 Å². The molecule has 0 aromatic heterocycles. The van der Waals surface area contributed by atoms with E-state index in [-0.39, 0.29) is 0 Å². The maximum atomic E-state index is 12.2. The molecular weight excluding hydrogens is 326 g/mol. The molecule has 134 valence electrons. The number of hydrogen-bond donors (Lipinski definition) is 0. The van der Waals surface area contributed by atoms with Gasteiger partial charge in [0.25, 0.3) is 0 Å². The van der Waals surface area contributed by atoms with Crippen molar-refractivity contribution >= 4 is 17.9 Å². The van der Waals surface area contributed by atoms with Crippen molar-refractivity contribution < 1.29 is 14.3 Å². The maximum Gasteiger partial charge on any atom is 0.363 e. The molecule has 0 amide bonds. The Kier molecular flexibility index (Phi) is 5.52. The number of hydrogen-bond acceptors (Lipinski definition) is 4. The van der Waals surface area contributed by atoms with Crippen molar-refractivity contribution in [3.63, 3.8) is 0 Å². The lowest BCUT2D eigenvalue weighted by molar-refractivity contribution is -0.130. The molecule has 1 heterocycles. The van der Waals surface area contributed by atoms with Crippen molar-refractivity contribution in [2.45, 2.75) is 32.6 Å². The molecule has 4 heteroatoms. The fourth-order valence-corrected chi connectivity index (χ4v) is 2.83. The third kappa shape index (κ3) is 4.20. The predicted octanol–water partition coefficient (Wildman–Crippen LogP) is 4.75. The van der Waals surface area contributed by atoms with Crippen molar-refractivity contribution in [1.29, 1.82) is 0 Å². The van der Waals surface area contributed by atoms with Gasteiger partial charge in [-0.2, -0.15) is 0 Å². The largest absolute Gasteiger partial charge is 0.496 e. The molecule has 0 unspecified atom stereocenters. The van der Waals surface area contributed by atoms with Crippen LogP contribution in [-0.2, 0) is 16.0 Å². The zero-order valence-electron chi connectivity index (χ0n) is 15.4. The number of esters is 1. The minimum atomic E-state index is -0.412. The Morgan fingerprint density at radius 3 is 2.58 bits per heavy atom. The number of carbonyl (C=O) groups excluding carboxylic acids is 1. The smallest absolute Gasteiger partial charge is 0.363 e. The molecule has 2 aromatic rings. The zero-order chi connectivity index (χ0) is 18.5. The van der Waals surface area contributed by atoms with Crippen LogP contribution in [0.1, 0.15) is 42.9 Å². The summed E-state index contributed by atoms with van der Waals surface area (Å²) in [5.74, 6) is 1.15. The minimum Gasteiger partial charge on any atom is -0.496 e. The van der Waals surface area contributed by atoms with Gasteiger partial charge in [0.05, 0.1) is 7.11 Å². The van der Waals surface area contributed by atoms with Gasteiger partial charge in [0.15, 0.2) is 11.6 Å². The number of benzene rings is 2. The number of carbonyl (C=O) groups is 1. The topological polar surface area (TPSA) is 47.9 Å². The van der Waals surface area contributed by atoms with E-state index >= 15 is 0 Å². The summed E-state index contributed by atoms with van der Waals surface area (Å²) in [6.07, 6.45) is 3.12. The first-order valence-corrected chi connectivity index (χ1v) is 8.80. The first kappa shape index (κ1) is 17.9. The molecular formula is C22H23NO3. The predicted molar refractivity (Wildman–Crippen MR) is 103 cm³/mol. The van der Waals surface area contributed by atoms with E-state index in [1.165, 1.54) is 11.1 Å². The summed E-state index contributed by atoms with van der Waals surface area (Å²) in [5.41, 5.74) is 3.51. The highest BCUT2D eigenvalue weighted by atomic mass is 16.6. The van der Waals surface area contributed by atoms with E-state index in [1.807, 2.05) is 36.4 Å². The number of cyclic esters (lactones) is 1. The maximum absolute atomic E-state index is 12.2. The summed E-state index contributed by atoms with van der Waals surface area (Å²) in [4.78, 5) is 16.6. The summed E-state index contributed by atoms with van der Waals surface area (Å²) in [6, 6.07) is 16.1. The van der Waals surface area contributed by atoms with E-state index in [0.717, 1.165) is 12.0 Å². The highest BCUT2D eigenvalue weighted by Gasteiger charge is 2.23. The Labute approximate surface area is 154 Å². The SMILES string of the molecule is COc1ccc(C(C)C)cc1/C=C1\N=C(CCc2ccccc2)OC1=O. The van der Waals surface area contributed by atoms with Gasteiger partial charge < -0.3 is 9.47 Å². The molecule has 26 heavy (non-hydrogen) atoms. The van der Waals surface area contributed by atoms with Crippen LogP contribution < -0.4 is 4.74 Å². The van der Waals surface area contributed by atoms with Gasteiger partial charge in [0.1, 0.15) is 5.75 Å². The second kappa shape index (κ2) is 8.00. The lowest BCUT2D eigenvalue weighted by atomic mass is 10.00. The lowest BCUT2D eigenvalue weighted by Crippen LogP contribution is -2.05. The lowest BCUT2D eigenvalue weighted by Gasteiger charge is -2.10. The number of methoxy groups -OCH3 is 1. The summed E-state index contributed by atoms with van der Waals surface area (Å²) in [6.45, 7) is 4.25. The van der Waals surface area contributed by atoms with Crippen LogP contribution in [0.5, 0.6) is 5.75 Å². The number of aryl methyl sites for hydroxylation is 1. The Morgan fingerprint density at radius 2 is 1.88 bits per heavy atom. The molecule has 0 saturated heterocycles. The number of nitrogens with zero attached hydrogens (tertiary/aromatic N) is 1. The molecule has 0 N–H and O–H groups in total. The van der Waals surface area contributed by atoms with Gasteiger partial charge in [-0.3, -0.25) is 0 Å². The number of aliphatic imine (C=N–C) groups is 1. The van der Waals surface area contributed by atoms with E-state index in [1.54, 1.807) is 13.2 Å².